The van der Waals surface area contributed by atoms with E-state index < -0.39 is 12.0 Å². The van der Waals surface area contributed by atoms with Crippen molar-refractivity contribution < 1.29 is 13.2 Å². The fourth-order valence-electron chi connectivity index (χ4n) is 2.57. The highest BCUT2D eigenvalue weighted by Crippen LogP contribution is 2.29. The molecule has 1 aliphatic heterocycles. The van der Waals surface area contributed by atoms with Crippen molar-refractivity contribution in [3.8, 4) is 0 Å². The van der Waals surface area contributed by atoms with Crippen LogP contribution in [0, 0.1) is 5.41 Å². The first-order valence-electron chi connectivity index (χ1n) is 7.12. The van der Waals surface area contributed by atoms with Crippen LogP contribution in [0.1, 0.15) is 25.6 Å². The minimum Gasteiger partial charge on any atom is -0.368 e. The number of hydrogen-bond acceptors (Lipinski definition) is 5. The quantitative estimate of drug-likeness (QED) is 0.906. The van der Waals surface area contributed by atoms with Crippen LogP contribution in [0.4, 0.5) is 19.0 Å². The fraction of sp³-hybridized carbons (Fsp3) is 0.615. The second-order valence-electron chi connectivity index (χ2n) is 5.92. The van der Waals surface area contributed by atoms with E-state index in [9.17, 15) is 13.2 Å². The number of hydrogen-bond donors (Lipinski definition) is 2. The van der Waals surface area contributed by atoms with Gasteiger partial charge in [-0.15, -0.1) is 15.3 Å². The van der Waals surface area contributed by atoms with Gasteiger partial charge in [0.15, 0.2) is 5.65 Å². The first kappa shape index (κ1) is 15.0. The van der Waals surface area contributed by atoms with Crippen LogP contribution in [0.15, 0.2) is 12.1 Å². The molecule has 0 atom stereocenters. The van der Waals surface area contributed by atoms with Crippen LogP contribution in [0.3, 0.4) is 0 Å². The Bertz CT molecular complexity index is 659. The molecule has 1 fully saturated rings. The molecule has 0 aromatic carbocycles. The van der Waals surface area contributed by atoms with Gasteiger partial charge in [-0.05, 0) is 43.5 Å². The summed E-state index contributed by atoms with van der Waals surface area (Å²) in [6.45, 7) is 4.73. The van der Waals surface area contributed by atoms with E-state index in [-0.39, 0.29) is 11.1 Å². The molecule has 0 radical (unpaired) electrons. The minimum atomic E-state index is -4.58. The summed E-state index contributed by atoms with van der Waals surface area (Å²) in [7, 11) is 0. The summed E-state index contributed by atoms with van der Waals surface area (Å²) in [6.07, 6.45) is -2.54. The Morgan fingerprint density at radius 3 is 2.68 bits per heavy atom. The van der Waals surface area contributed by atoms with E-state index in [1.165, 1.54) is 6.07 Å². The summed E-state index contributed by atoms with van der Waals surface area (Å²) in [5.41, 5.74) is 0.188. The molecule has 2 aromatic heterocycles. The summed E-state index contributed by atoms with van der Waals surface area (Å²) in [5, 5.41) is 17.0. The molecule has 0 amide bonds. The topological polar surface area (TPSA) is 67.1 Å². The van der Waals surface area contributed by atoms with E-state index in [1.807, 2.05) is 0 Å². The van der Waals surface area contributed by atoms with Gasteiger partial charge < -0.3 is 10.6 Å². The predicted molar refractivity (Wildman–Crippen MR) is 74.5 cm³/mol. The van der Waals surface area contributed by atoms with Crippen molar-refractivity contribution in [1.82, 2.24) is 25.1 Å². The number of nitrogens with one attached hydrogen (secondary N) is 2. The van der Waals surface area contributed by atoms with Gasteiger partial charge in [-0.1, -0.05) is 6.92 Å². The maximum atomic E-state index is 12.8. The Hall–Kier alpha value is -1.90. The molecule has 22 heavy (non-hydrogen) atoms. The lowest BCUT2D eigenvalue weighted by Crippen LogP contribution is -2.39. The molecular weight excluding hydrogens is 297 g/mol. The zero-order chi connectivity index (χ0) is 15.8. The average molecular weight is 314 g/mol. The van der Waals surface area contributed by atoms with Gasteiger partial charge in [-0.3, -0.25) is 0 Å². The van der Waals surface area contributed by atoms with Crippen molar-refractivity contribution in [2.75, 3.05) is 25.0 Å². The Morgan fingerprint density at radius 1 is 1.27 bits per heavy atom. The standard InChI is InChI=1S/C13H17F3N6/c1-12(4-6-17-7-5-12)8-18-9-2-3-10-19-20-11(13(14,15)16)22(10)21-9/h2-3,17H,4-8H2,1H3,(H,18,21). The van der Waals surface area contributed by atoms with Gasteiger partial charge in [-0.25, -0.2) is 0 Å². The van der Waals surface area contributed by atoms with Crippen LogP contribution in [-0.4, -0.2) is 39.4 Å². The SMILES string of the molecule is CC1(CNc2ccc3nnc(C(F)(F)F)n3n2)CCNCC1. The number of halogens is 3. The van der Waals surface area contributed by atoms with E-state index in [2.05, 4.69) is 32.9 Å². The van der Waals surface area contributed by atoms with Gasteiger partial charge in [-0.2, -0.15) is 17.7 Å². The highest BCUT2D eigenvalue weighted by Gasteiger charge is 2.37. The molecule has 3 rings (SSSR count). The number of rotatable bonds is 3. The van der Waals surface area contributed by atoms with E-state index in [0.717, 1.165) is 30.4 Å². The molecular formula is C13H17F3N6. The van der Waals surface area contributed by atoms with Gasteiger partial charge >= 0.3 is 6.18 Å². The summed E-state index contributed by atoms with van der Waals surface area (Å²) < 4.78 is 39.2. The number of piperidine rings is 1. The Kier molecular flexibility index (Phi) is 3.67. The Morgan fingerprint density at radius 2 is 2.00 bits per heavy atom. The fourth-order valence-corrected chi connectivity index (χ4v) is 2.57. The molecule has 0 bridgehead atoms. The Labute approximate surface area is 125 Å². The summed E-state index contributed by atoms with van der Waals surface area (Å²) in [5.74, 6) is -0.725. The summed E-state index contributed by atoms with van der Waals surface area (Å²) in [6, 6.07) is 3.09. The van der Waals surface area contributed by atoms with Gasteiger partial charge in [0, 0.05) is 6.54 Å². The summed E-state index contributed by atoms with van der Waals surface area (Å²) >= 11 is 0. The number of anilines is 1. The van der Waals surface area contributed by atoms with Gasteiger partial charge in [0.05, 0.1) is 0 Å². The van der Waals surface area contributed by atoms with E-state index in [0.29, 0.717) is 12.4 Å². The van der Waals surface area contributed by atoms with Crippen molar-refractivity contribution in [1.29, 1.82) is 0 Å². The van der Waals surface area contributed by atoms with Crippen LogP contribution in [0.2, 0.25) is 0 Å². The van der Waals surface area contributed by atoms with Crippen LogP contribution in [0.5, 0.6) is 0 Å². The number of nitrogens with zero attached hydrogens (tertiary/aromatic N) is 4. The maximum absolute atomic E-state index is 12.8. The third kappa shape index (κ3) is 2.99. The van der Waals surface area contributed by atoms with Gasteiger partial charge in [0.1, 0.15) is 5.82 Å². The average Bonchev–Trinajstić information content (AvgIpc) is 2.89. The molecule has 0 saturated carbocycles. The lowest BCUT2D eigenvalue weighted by Gasteiger charge is -2.34. The van der Waals surface area contributed by atoms with Crippen molar-refractivity contribution in [2.45, 2.75) is 25.9 Å². The summed E-state index contributed by atoms with van der Waals surface area (Å²) in [4.78, 5) is 0. The maximum Gasteiger partial charge on any atom is 0.453 e. The second-order valence-corrected chi connectivity index (χ2v) is 5.92. The molecule has 1 aliphatic rings. The van der Waals surface area contributed by atoms with Crippen molar-refractivity contribution >= 4 is 11.5 Å². The lowest BCUT2D eigenvalue weighted by atomic mass is 9.81. The Balaban J connectivity index is 1.79. The van der Waals surface area contributed by atoms with Crippen LogP contribution in [-0.2, 0) is 6.18 Å². The normalized spacial score (nSPS) is 18.5. The van der Waals surface area contributed by atoms with Crippen molar-refractivity contribution in [3.63, 3.8) is 0 Å². The van der Waals surface area contributed by atoms with E-state index in [4.69, 9.17) is 0 Å². The zero-order valence-corrected chi connectivity index (χ0v) is 12.1. The molecule has 120 valence electrons. The monoisotopic (exact) mass is 314 g/mol. The first-order chi connectivity index (χ1) is 10.4. The van der Waals surface area contributed by atoms with E-state index in [1.54, 1.807) is 6.07 Å². The molecule has 2 aromatic rings. The van der Waals surface area contributed by atoms with Crippen molar-refractivity contribution in [3.05, 3.63) is 18.0 Å². The molecule has 2 N–H and O–H groups in total. The molecule has 0 aliphatic carbocycles. The molecule has 0 spiro atoms. The molecule has 0 unspecified atom stereocenters. The molecule has 6 nitrogen and oxygen atoms in total. The highest BCUT2D eigenvalue weighted by molar-refractivity contribution is 5.44. The number of fused-ring (bicyclic) bond motifs is 1. The van der Waals surface area contributed by atoms with Gasteiger partial charge in [0.2, 0.25) is 0 Å². The highest BCUT2D eigenvalue weighted by atomic mass is 19.4. The largest absolute Gasteiger partial charge is 0.453 e. The van der Waals surface area contributed by atoms with Crippen molar-refractivity contribution in [2.24, 2.45) is 5.41 Å². The molecule has 9 heteroatoms. The van der Waals surface area contributed by atoms with Crippen LogP contribution in [0.25, 0.3) is 5.65 Å². The number of aromatic nitrogens is 4. The zero-order valence-electron chi connectivity index (χ0n) is 12.1. The predicted octanol–water partition coefficient (Wildman–Crippen LogP) is 1.94. The first-order valence-corrected chi connectivity index (χ1v) is 7.12. The smallest absolute Gasteiger partial charge is 0.368 e. The lowest BCUT2D eigenvalue weighted by molar-refractivity contribution is -0.146. The number of alkyl halides is 3. The molecule has 3 heterocycles. The third-order valence-electron chi connectivity index (χ3n) is 4.02. The second kappa shape index (κ2) is 5.38. The van der Waals surface area contributed by atoms with Gasteiger partial charge in [0.25, 0.3) is 5.82 Å². The third-order valence-corrected chi connectivity index (χ3v) is 4.02. The molecule has 1 saturated heterocycles. The minimum absolute atomic E-state index is 0.0750. The van der Waals surface area contributed by atoms with Crippen LogP contribution < -0.4 is 10.6 Å². The van der Waals surface area contributed by atoms with Crippen LogP contribution >= 0.6 is 0 Å². The van der Waals surface area contributed by atoms with E-state index >= 15 is 0 Å².